The van der Waals surface area contributed by atoms with Gasteiger partial charge in [-0.2, -0.15) is 0 Å². The number of aliphatic hydroxyl groups excluding tert-OH is 1. The number of sulfone groups is 1. The smallest absolute Gasteiger partial charge is 0.408 e. The Labute approximate surface area is 761 Å². The van der Waals surface area contributed by atoms with E-state index in [0.717, 1.165) is 43.8 Å². The van der Waals surface area contributed by atoms with Gasteiger partial charge in [0.25, 0.3) is 0 Å². The molecule has 0 radical (unpaired) electrons. The zero-order chi connectivity index (χ0) is 92.1. The first-order valence-corrected chi connectivity index (χ1v) is 49.2. The number of nitrogens with one attached hydrogen (secondary N) is 8. The molecule has 0 spiro atoms. The fraction of sp³-hybridized carbons (Fsp3) is 0.440. The first-order valence-electron chi connectivity index (χ1n) is 42.5. The summed E-state index contributed by atoms with van der Waals surface area (Å²) in [5.74, 6) is -10.7. The summed E-state index contributed by atoms with van der Waals surface area (Å²) in [6, 6.07) is 35.5. The lowest BCUT2D eigenvalue weighted by molar-refractivity contribution is -0.141. The van der Waals surface area contributed by atoms with Crippen LogP contribution < -0.4 is 58.9 Å². The first-order chi connectivity index (χ1) is 61.4. The maximum atomic E-state index is 15.8. The number of alkyl carbamates (subject to hydrolysis) is 1. The molecule has 3 aliphatic rings. The SMILES string of the molecule is COCCOCC(=O)NCCC(=O)N1Cc2ccccc2-c2nnn(CCCCCC(CS(=O)(=O)c3ccccc3)OC(=O)N[C@H](Cc3ccccc3)C(=O)N[C@H]3CSSC[C@@H](C(=O)N[C@H](C(N)=O)C(C)(C)SSC)NC(=O)[C@](C)([C@@H](C)O)NC(=O)[C@H](CCCCN)NC(=O)[C@@H](CC4=CCc5ccccc54)NC(=O)[C@H](Cc4ccc(O)cc4)CC3=O)c2-c2ccccc21. The van der Waals surface area contributed by atoms with E-state index in [1.165, 1.54) is 66.8 Å². The number of methoxy groups -OCH3 is 1. The van der Waals surface area contributed by atoms with E-state index >= 15 is 24.0 Å². The molecule has 3 heterocycles. The van der Waals surface area contributed by atoms with Crippen LogP contribution in [0.3, 0.4) is 0 Å². The van der Waals surface area contributed by atoms with E-state index in [1.54, 1.807) is 90.3 Å². The average Bonchev–Trinajstić information content (AvgIpc) is 1.54. The summed E-state index contributed by atoms with van der Waals surface area (Å²) in [5.41, 5.74) is 17.1. The molecular formula is C91H114N14O18S5. The third-order valence-corrected chi connectivity index (χ3v) is 29.3. The van der Waals surface area contributed by atoms with Crippen LogP contribution in [0.25, 0.3) is 28.1 Å². The van der Waals surface area contributed by atoms with E-state index in [0.29, 0.717) is 84.6 Å². The number of carbonyl (C=O) groups excluding carboxylic acids is 11. The van der Waals surface area contributed by atoms with E-state index in [-0.39, 0.29) is 112 Å². The van der Waals surface area contributed by atoms with Crippen LogP contribution in [-0.2, 0) is 104 Å². The summed E-state index contributed by atoms with van der Waals surface area (Å²) in [6.45, 7) is 6.93. The van der Waals surface area contributed by atoms with Crippen LogP contribution in [0.1, 0.15) is 120 Å². The van der Waals surface area contributed by atoms with Crippen LogP contribution >= 0.6 is 43.2 Å². The van der Waals surface area contributed by atoms with Crippen molar-refractivity contribution in [2.24, 2.45) is 17.4 Å². The van der Waals surface area contributed by atoms with Crippen molar-refractivity contribution in [1.29, 1.82) is 0 Å². The van der Waals surface area contributed by atoms with Gasteiger partial charge in [-0.15, -0.1) is 5.10 Å². The minimum Gasteiger partial charge on any atom is -0.508 e. The number of hydrogen-bond acceptors (Lipinski definition) is 25. The Bertz CT molecular complexity index is 5170. The van der Waals surface area contributed by atoms with Crippen molar-refractivity contribution < 1.29 is 85.6 Å². The zero-order valence-corrected chi connectivity index (χ0v) is 76.5. The molecule has 37 heteroatoms. The molecule has 14 N–H and O–H groups in total. The van der Waals surface area contributed by atoms with Gasteiger partial charge in [-0.05, 0) is 156 Å². The molecule has 1 saturated heterocycles. The molecule has 128 heavy (non-hydrogen) atoms. The van der Waals surface area contributed by atoms with E-state index in [1.807, 2.05) is 78.9 Å². The Morgan fingerprint density at radius 2 is 1.42 bits per heavy atom. The van der Waals surface area contributed by atoms with E-state index in [9.17, 15) is 47.4 Å². The molecule has 686 valence electrons. The second-order valence-corrected chi connectivity index (χ2v) is 40.0. The van der Waals surface area contributed by atoms with E-state index in [2.05, 4.69) is 47.7 Å². The number of allylic oxidation sites excluding steroid dienone is 1. The molecule has 1 unspecified atom stereocenters. The molecular weight excluding hydrogens is 1740 g/mol. The number of benzene rings is 6. The van der Waals surface area contributed by atoms with Crippen LogP contribution in [0, 0.1) is 5.92 Å². The Hall–Kier alpha value is -10.6. The lowest BCUT2D eigenvalue weighted by atomic mass is 9.90. The Balaban J connectivity index is 0.949. The number of ketones is 1. The minimum atomic E-state index is -4.18. The number of anilines is 1. The highest BCUT2D eigenvalue weighted by atomic mass is 33.1. The van der Waals surface area contributed by atoms with Crippen molar-refractivity contribution in [1.82, 2.24) is 57.5 Å². The topological polar surface area (TPSA) is 472 Å². The molecule has 10 rings (SSSR count). The molecule has 0 bridgehead atoms. The minimum absolute atomic E-state index is 0.000148. The number of aliphatic hydroxyl groups is 1. The van der Waals surface area contributed by atoms with Gasteiger partial charge in [-0.25, -0.2) is 17.9 Å². The Morgan fingerprint density at radius 3 is 2.12 bits per heavy atom. The van der Waals surface area contributed by atoms with Gasteiger partial charge in [-0.1, -0.05) is 188 Å². The summed E-state index contributed by atoms with van der Waals surface area (Å²) in [7, 11) is 1.77. The number of phenolic OH excluding ortho intramolecular Hbond substituents is 1. The molecule has 32 nitrogen and oxygen atoms in total. The van der Waals surface area contributed by atoms with Gasteiger partial charge in [0, 0.05) is 79.2 Å². The van der Waals surface area contributed by atoms with Gasteiger partial charge in [-0.3, -0.25) is 47.9 Å². The third kappa shape index (κ3) is 27.9. The lowest BCUT2D eigenvalue weighted by Crippen LogP contribution is -2.68. The summed E-state index contributed by atoms with van der Waals surface area (Å²) >= 11 is 0. The standard InChI is InChI=1S/C91H114N14O18S5/c1-57(106)91(4)88(117)98-74(86(115)100-81(82(93)111)90(2,3)127-124-6)55-126-125-54-73(76(108)51-63(48-59-36-40-64(107)41-37-59)83(112)96-72(50-61-39-38-60-26-15-17-31-67(60)61)85(114)95-70(87(116)101-91)34-21-22-43-92)97-84(113)71(49-58-24-10-7-11-25-58)99-89(118)123-65(56-128(119,120)66-29-13-8-14-30-66)28-12-9-23-45-105-80-69-33-19-20-35-75(69)104(52-62-27-16-18-32-68(62)79(80)102-103-105)78(110)42-44-94-77(109)53-122-47-46-121-5/h7-8,10-11,13-20,24-27,29-33,35-37,39-41,57,63,65,70-74,81,106-107H,9,12,21-23,28,34,38,42-56,92H2,1-6H3,(H2,93,111)(H,94,109)(H,95,114)(H,96,112)(H,97,113)(H,98,117)(H,99,118)(H,100,115)(H,101,116)/t57-,63-,65?,70+,71-,72-,73+,74+,81-,91+/m1/s1. The Kier molecular flexibility index (Phi) is 37.4. The normalized spacial score (nSPS) is 19.3. The number of primary amides is 1. The van der Waals surface area contributed by atoms with Crippen LogP contribution in [-0.4, -0.2) is 221 Å². The highest BCUT2D eigenvalue weighted by molar-refractivity contribution is 8.77. The molecule has 1 aromatic heterocycles. The number of phenols is 1. The van der Waals surface area contributed by atoms with E-state index in [4.69, 9.17) is 30.8 Å². The van der Waals surface area contributed by atoms with Gasteiger partial charge in [0.05, 0.1) is 53.9 Å². The number of Topliss-reactive ketones (excluding diaryl/α,β-unsaturated/α-hetero) is 1. The third-order valence-electron chi connectivity index (χ3n) is 22.4. The number of aromatic hydroxyl groups is 1. The number of fused-ring (bicyclic) bond motifs is 6. The number of nitrogens with zero attached hydrogens (tertiary/aromatic N) is 4. The average molecular weight is 1850 g/mol. The number of aryl methyl sites for hydroxylation is 1. The van der Waals surface area contributed by atoms with Crippen LogP contribution in [0.5, 0.6) is 5.75 Å². The summed E-state index contributed by atoms with van der Waals surface area (Å²) < 4.78 is 46.1. The molecule has 6 aromatic carbocycles. The molecule has 1 aliphatic carbocycles. The number of amides is 10. The number of ether oxygens (including phenoxy) is 3. The van der Waals surface area contributed by atoms with Crippen LogP contribution in [0.15, 0.2) is 169 Å². The fourth-order valence-corrected chi connectivity index (χ4v) is 21.3. The van der Waals surface area contributed by atoms with E-state index < -0.39 is 140 Å². The largest absolute Gasteiger partial charge is 0.508 e. The van der Waals surface area contributed by atoms with Crippen LogP contribution in [0.4, 0.5) is 10.5 Å². The molecule has 2 aliphatic heterocycles. The van der Waals surface area contributed by atoms with Crippen molar-refractivity contribution in [3.8, 4) is 28.3 Å². The van der Waals surface area contributed by atoms with Crippen molar-refractivity contribution >= 4 is 129 Å². The highest BCUT2D eigenvalue weighted by Gasteiger charge is 2.46. The van der Waals surface area contributed by atoms with Crippen LogP contribution in [0.2, 0.25) is 0 Å². The fourth-order valence-electron chi connectivity index (χ4n) is 15.2. The number of para-hydroxylation sites is 1. The predicted molar refractivity (Wildman–Crippen MR) is 494 cm³/mol. The lowest BCUT2D eigenvalue weighted by Gasteiger charge is -2.36. The maximum absolute atomic E-state index is 15.8. The molecule has 10 atom stereocenters. The second kappa shape index (κ2) is 48.1. The Morgan fingerprint density at radius 1 is 0.750 bits per heavy atom. The van der Waals surface area contributed by atoms with Gasteiger partial charge in [0.15, 0.2) is 15.6 Å². The summed E-state index contributed by atoms with van der Waals surface area (Å²) in [5, 5.41) is 53.5. The first kappa shape index (κ1) is 99.5. The van der Waals surface area contributed by atoms with Gasteiger partial charge in [0.1, 0.15) is 59.9 Å². The quantitative estimate of drug-likeness (QED) is 0.0132. The zero-order valence-electron chi connectivity index (χ0n) is 72.5. The molecule has 0 saturated carbocycles. The molecule has 7 aromatic rings. The predicted octanol–water partition coefficient (Wildman–Crippen LogP) is 7.40. The van der Waals surface area contributed by atoms with Crippen molar-refractivity contribution in [3.05, 3.63) is 192 Å². The van der Waals surface area contributed by atoms with Crippen molar-refractivity contribution in [2.75, 3.05) is 68.4 Å². The number of hydrogen-bond donors (Lipinski definition) is 12. The second-order valence-electron chi connectivity index (χ2n) is 32.3. The molecule has 10 amide bonds. The number of unbranched alkanes of at least 4 members (excludes halogenated alkanes) is 3. The number of carbonyl (C=O) groups is 11. The van der Waals surface area contributed by atoms with Gasteiger partial charge >= 0.3 is 6.09 Å². The summed E-state index contributed by atoms with van der Waals surface area (Å²) in [6.07, 6.45) is 0.542. The molecule has 1 fully saturated rings. The highest BCUT2D eigenvalue weighted by Crippen LogP contribution is 2.42. The van der Waals surface area contributed by atoms with Gasteiger partial charge in [0.2, 0.25) is 53.2 Å². The number of aromatic nitrogens is 3. The van der Waals surface area contributed by atoms with Crippen molar-refractivity contribution in [3.63, 3.8) is 0 Å². The van der Waals surface area contributed by atoms with Crippen molar-refractivity contribution in [2.45, 2.75) is 188 Å². The number of nitrogens with two attached hydrogens (primary N) is 2. The summed E-state index contributed by atoms with van der Waals surface area (Å²) in [4.78, 5) is 164. The number of rotatable bonds is 38. The van der Waals surface area contributed by atoms with Gasteiger partial charge < -0.3 is 83.3 Å². The monoisotopic (exact) mass is 1850 g/mol. The maximum Gasteiger partial charge on any atom is 0.408 e.